The summed E-state index contributed by atoms with van der Waals surface area (Å²) in [5.41, 5.74) is 5.85. The molecule has 148 valence electrons. The number of hydrogen-bond acceptors (Lipinski definition) is 5. The van der Waals surface area contributed by atoms with Gasteiger partial charge in [-0.2, -0.15) is 0 Å². The van der Waals surface area contributed by atoms with Crippen LogP contribution in [0, 0.1) is 6.92 Å². The number of nitrogens with zero attached hydrogens (tertiary/aromatic N) is 4. The zero-order valence-corrected chi connectivity index (χ0v) is 16.5. The number of carbonyl (C=O) groups excluding carboxylic acids is 1. The Morgan fingerprint density at radius 2 is 1.77 bits per heavy atom. The second-order valence-electron chi connectivity index (χ2n) is 7.19. The summed E-state index contributed by atoms with van der Waals surface area (Å²) in [4.78, 5) is 30.1. The number of carbonyl (C=O) groups is 1. The smallest absolute Gasteiger partial charge is 0.289 e. The first kappa shape index (κ1) is 18.0. The number of benzene rings is 1. The second-order valence-corrected chi connectivity index (χ2v) is 7.19. The number of aryl methyl sites for hydroxylation is 1. The second kappa shape index (κ2) is 7.07. The van der Waals surface area contributed by atoms with E-state index in [4.69, 9.17) is 0 Å². The van der Waals surface area contributed by atoms with E-state index in [0.717, 1.165) is 33.5 Å². The molecule has 3 N–H and O–H groups in total. The van der Waals surface area contributed by atoms with Gasteiger partial charge in [0.05, 0.1) is 34.0 Å². The van der Waals surface area contributed by atoms with Crippen LogP contribution in [0.2, 0.25) is 0 Å². The Bertz CT molecular complexity index is 1370. The fourth-order valence-electron chi connectivity index (χ4n) is 3.50. The average molecular weight is 397 g/mol. The van der Waals surface area contributed by atoms with Crippen LogP contribution in [0.5, 0.6) is 0 Å². The zero-order chi connectivity index (χ0) is 20.7. The molecule has 0 bridgehead atoms. The van der Waals surface area contributed by atoms with Gasteiger partial charge in [0.15, 0.2) is 0 Å². The number of rotatable bonds is 4. The summed E-state index contributed by atoms with van der Waals surface area (Å²) in [6.45, 7) is 3.81. The van der Waals surface area contributed by atoms with Gasteiger partial charge in [-0.3, -0.25) is 19.9 Å². The first-order valence-corrected chi connectivity index (χ1v) is 9.61. The number of nitrogens with one attached hydrogen (secondary N) is 3. The van der Waals surface area contributed by atoms with Crippen LogP contribution in [0.25, 0.3) is 33.2 Å². The molecule has 0 aliphatic rings. The highest BCUT2D eigenvalue weighted by molar-refractivity contribution is 6.02. The minimum atomic E-state index is -0.327. The van der Waals surface area contributed by atoms with Gasteiger partial charge in [0.25, 0.3) is 5.91 Å². The summed E-state index contributed by atoms with van der Waals surface area (Å²) in [5.74, 6) is -0.182. The van der Waals surface area contributed by atoms with Crippen LogP contribution < -0.4 is 5.32 Å². The topological polar surface area (TPSA) is 112 Å². The summed E-state index contributed by atoms with van der Waals surface area (Å²) in [6.07, 6.45) is 3.49. The van der Waals surface area contributed by atoms with Gasteiger partial charge in [0.1, 0.15) is 0 Å². The lowest BCUT2D eigenvalue weighted by Crippen LogP contribution is -2.28. The molecule has 1 amide bonds. The minimum Gasteiger partial charge on any atom is -0.341 e. The molecule has 4 aromatic heterocycles. The zero-order valence-electron chi connectivity index (χ0n) is 16.5. The van der Waals surface area contributed by atoms with Crippen molar-refractivity contribution < 1.29 is 4.79 Å². The Morgan fingerprint density at radius 3 is 2.53 bits per heavy atom. The van der Waals surface area contributed by atoms with Crippen molar-refractivity contribution in [2.24, 2.45) is 0 Å². The van der Waals surface area contributed by atoms with E-state index in [0.29, 0.717) is 11.0 Å². The van der Waals surface area contributed by atoms with E-state index in [9.17, 15) is 4.79 Å². The van der Waals surface area contributed by atoms with Gasteiger partial charge in [-0.05, 0) is 50.2 Å². The third-order valence-corrected chi connectivity index (χ3v) is 5.03. The van der Waals surface area contributed by atoms with E-state index in [1.165, 1.54) is 0 Å². The third-order valence-electron chi connectivity index (χ3n) is 5.03. The minimum absolute atomic E-state index is 0.145. The molecule has 0 aliphatic heterocycles. The summed E-state index contributed by atoms with van der Waals surface area (Å²) >= 11 is 0. The van der Waals surface area contributed by atoms with Gasteiger partial charge >= 0.3 is 0 Å². The van der Waals surface area contributed by atoms with Crippen LogP contribution in [-0.4, -0.2) is 36.0 Å². The number of imidazole rings is 1. The average Bonchev–Trinajstić information content (AvgIpc) is 3.36. The van der Waals surface area contributed by atoms with E-state index in [2.05, 4.69) is 35.5 Å². The van der Waals surface area contributed by atoms with Gasteiger partial charge in [-0.15, -0.1) is 0 Å². The molecule has 8 nitrogen and oxygen atoms in total. The first-order chi connectivity index (χ1) is 14.6. The van der Waals surface area contributed by atoms with Crippen molar-refractivity contribution in [3.05, 3.63) is 72.1 Å². The SMILES string of the molecule is Cc1cccc(C(C)NC(=O)c2nc3cc4[nH][nH]c(-c5ccncc5)c4cc3n2)n1. The fraction of sp³-hybridized carbons (Fsp3) is 0.136. The Labute approximate surface area is 171 Å². The molecule has 1 atom stereocenters. The largest absolute Gasteiger partial charge is 0.341 e. The molecule has 4 heterocycles. The number of aromatic nitrogens is 6. The van der Waals surface area contributed by atoms with Gasteiger partial charge in [-0.25, -0.2) is 9.97 Å². The van der Waals surface area contributed by atoms with E-state index in [1.807, 2.05) is 56.3 Å². The molecular weight excluding hydrogens is 378 g/mol. The maximum atomic E-state index is 12.7. The lowest BCUT2D eigenvalue weighted by atomic mass is 10.1. The van der Waals surface area contributed by atoms with Crippen LogP contribution in [0.4, 0.5) is 0 Å². The third kappa shape index (κ3) is 3.18. The Kier molecular flexibility index (Phi) is 4.24. The maximum absolute atomic E-state index is 12.7. The predicted octanol–water partition coefficient (Wildman–Crippen LogP) is 3.70. The van der Waals surface area contributed by atoms with Crippen molar-refractivity contribution in [1.29, 1.82) is 0 Å². The van der Waals surface area contributed by atoms with Crippen molar-refractivity contribution in [3.8, 4) is 11.3 Å². The number of hydrogen-bond donors (Lipinski definition) is 3. The molecule has 0 radical (unpaired) electrons. The van der Waals surface area contributed by atoms with E-state index in [1.54, 1.807) is 12.4 Å². The number of H-pyrrole nitrogens is 2. The quantitative estimate of drug-likeness (QED) is 0.428. The molecule has 0 saturated heterocycles. The molecule has 0 saturated carbocycles. The Hall–Kier alpha value is -4.07. The molecule has 0 fully saturated rings. The molecule has 0 spiro atoms. The highest BCUT2D eigenvalue weighted by Gasteiger charge is 2.18. The molecule has 1 unspecified atom stereocenters. The maximum Gasteiger partial charge on any atom is 0.289 e. The van der Waals surface area contributed by atoms with Crippen LogP contribution in [-0.2, 0) is 0 Å². The normalized spacial score (nSPS) is 12.3. The molecule has 30 heavy (non-hydrogen) atoms. The van der Waals surface area contributed by atoms with Crippen molar-refractivity contribution in [2.75, 3.05) is 0 Å². The Balaban J connectivity index is 1.46. The Morgan fingerprint density at radius 1 is 1.00 bits per heavy atom. The van der Waals surface area contributed by atoms with Crippen LogP contribution in [0.1, 0.15) is 35.0 Å². The summed E-state index contributed by atoms with van der Waals surface area (Å²) in [6, 6.07) is 13.2. The summed E-state index contributed by atoms with van der Waals surface area (Å²) in [5, 5.41) is 10.2. The van der Waals surface area contributed by atoms with Crippen LogP contribution in [0.3, 0.4) is 0 Å². The van der Waals surface area contributed by atoms with E-state index >= 15 is 0 Å². The number of pyridine rings is 2. The molecule has 1 aromatic carbocycles. The highest BCUT2D eigenvalue weighted by atomic mass is 16.2. The highest BCUT2D eigenvalue weighted by Crippen LogP contribution is 2.28. The van der Waals surface area contributed by atoms with Gasteiger partial charge in [0, 0.05) is 29.0 Å². The molecule has 0 aliphatic carbocycles. The van der Waals surface area contributed by atoms with Gasteiger partial charge < -0.3 is 10.4 Å². The first-order valence-electron chi connectivity index (χ1n) is 9.61. The molecule has 8 heteroatoms. The summed E-state index contributed by atoms with van der Waals surface area (Å²) in [7, 11) is 0. The standard InChI is InChI=1S/C22H19N7O/c1-12-4-3-5-16(24-12)13(2)25-22(30)21-26-18-10-15-17(11-19(18)27-21)28-29-20(15)14-6-8-23-9-7-14/h3-11,13,28-29H,1-2H3,(H,25,30). The number of aromatic amines is 2. The number of amides is 1. The monoisotopic (exact) mass is 397 g/mol. The van der Waals surface area contributed by atoms with Crippen molar-refractivity contribution >= 4 is 27.8 Å². The number of fused-ring (bicyclic) bond motifs is 2. The van der Waals surface area contributed by atoms with E-state index < -0.39 is 0 Å². The van der Waals surface area contributed by atoms with Gasteiger partial charge in [0.2, 0.25) is 5.82 Å². The van der Waals surface area contributed by atoms with Crippen molar-refractivity contribution in [3.63, 3.8) is 0 Å². The molecular formula is C22H19N7O. The van der Waals surface area contributed by atoms with E-state index in [-0.39, 0.29) is 17.8 Å². The lowest BCUT2D eigenvalue weighted by Gasteiger charge is -2.12. The van der Waals surface area contributed by atoms with Crippen molar-refractivity contribution in [2.45, 2.75) is 19.9 Å². The molecule has 5 rings (SSSR count). The van der Waals surface area contributed by atoms with Gasteiger partial charge in [-0.1, -0.05) is 6.07 Å². The summed E-state index contributed by atoms with van der Waals surface area (Å²) < 4.78 is 0. The predicted molar refractivity (Wildman–Crippen MR) is 114 cm³/mol. The lowest BCUT2D eigenvalue weighted by molar-refractivity contribution is 0.0930. The molecule has 5 aromatic rings. The van der Waals surface area contributed by atoms with Crippen LogP contribution in [0.15, 0.2) is 54.9 Å². The van der Waals surface area contributed by atoms with Crippen LogP contribution >= 0.6 is 0 Å². The fourth-order valence-corrected chi connectivity index (χ4v) is 3.50. The van der Waals surface area contributed by atoms with Crippen molar-refractivity contribution in [1.82, 2.24) is 35.5 Å².